The maximum absolute atomic E-state index is 12.7. The van der Waals surface area contributed by atoms with Gasteiger partial charge < -0.3 is 4.98 Å². The number of nitrogens with one attached hydrogen (secondary N) is 1. The molecule has 0 aliphatic carbocycles. The van der Waals surface area contributed by atoms with Crippen molar-refractivity contribution < 1.29 is 13.2 Å². The highest BCUT2D eigenvalue weighted by Crippen LogP contribution is 2.36. The molecule has 1 aromatic heterocycles. The van der Waals surface area contributed by atoms with Crippen LogP contribution in [0.1, 0.15) is 5.56 Å². The maximum Gasteiger partial charge on any atom is 0.417 e. The Morgan fingerprint density at radius 1 is 1.19 bits per heavy atom. The highest BCUT2D eigenvalue weighted by Gasteiger charge is 2.33. The lowest BCUT2D eigenvalue weighted by atomic mass is 10.1. The summed E-state index contributed by atoms with van der Waals surface area (Å²) in [5.74, 6) is 0. The number of H-pyrrole nitrogens is 1. The van der Waals surface area contributed by atoms with Crippen molar-refractivity contribution in [3.63, 3.8) is 0 Å². The second-order valence-electron chi connectivity index (χ2n) is 3.13. The molecule has 2 aromatic rings. The first kappa shape index (κ1) is 11.2. The van der Waals surface area contributed by atoms with Crippen LogP contribution in [0.25, 0.3) is 11.3 Å². The van der Waals surface area contributed by atoms with Crippen LogP contribution in [0.2, 0.25) is 0 Å². The molecule has 0 fully saturated rings. The van der Waals surface area contributed by atoms with Crippen LogP contribution in [0.4, 0.5) is 13.2 Å². The molecule has 0 saturated carbocycles. The lowest BCUT2D eigenvalue weighted by Gasteiger charge is -2.10. The third-order valence-corrected chi connectivity index (χ3v) is 2.47. The first-order valence-electron chi connectivity index (χ1n) is 4.35. The van der Waals surface area contributed by atoms with Crippen LogP contribution in [0.15, 0.2) is 35.2 Å². The fourth-order valence-electron chi connectivity index (χ4n) is 1.40. The monoisotopic (exact) mass is 290 g/mol. The molecule has 6 heteroatoms. The molecule has 0 spiro atoms. The summed E-state index contributed by atoms with van der Waals surface area (Å²) in [4.78, 5) is 6.52. The molecular weight excluding hydrogens is 285 g/mol. The number of aromatic amines is 1. The molecular formula is C10H6BrF3N2. The fraction of sp³-hybridized carbons (Fsp3) is 0.100. The molecule has 1 aromatic carbocycles. The summed E-state index contributed by atoms with van der Waals surface area (Å²) in [5, 5.41) is 0. The Hall–Kier alpha value is -1.30. The van der Waals surface area contributed by atoms with Gasteiger partial charge in [-0.1, -0.05) is 18.2 Å². The van der Waals surface area contributed by atoms with Gasteiger partial charge in [0.05, 0.1) is 17.5 Å². The second-order valence-corrected chi connectivity index (χ2v) is 3.88. The lowest BCUT2D eigenvalue weighted by Crippen LogP contribution is -2.06. The van der Waals surface area contributed by atoms with Gasteiger partial charge in [-0.2, -0.15) is 13.2 Å². The van der Waals surface area contributed by atoms with Crippen LogP contribution in [0, 0.1) is 0 Å². The van der Waals surface area contributed by atoms with E-state index < -0.39 is 11.7 Å². The van der Waals surface area contributed by atoms with E-state index >= 15 is 0 Å². The van der Waals surface area contributed by atoms with Gasteiger partial charge in [-0.05, 0) is 22.0 Å². The summed E-state index contributed by atoms with van der Waals surface area (Å²) in [6, 6.07) is 5.36. The molecule has 0 aliphatic rings. The first-order valence-corrected chi connectivity index (χ1v) is 5.15. The van der Waals surface area contributed by atoms with Crippen LogP contribution in [-0.2, 0) is 6.18 Å². The summed E-state index contributed by atoms with van der Waals surface area (Å²) < 4.78 is 38.5. The number of nitrogens with zero attached hydrogens (tertiary/aromatic N) is 1. The number of imidazole rings is 1. The molecule has 0 saturated heterocycles. The van der Waals surface area contributed by atoms with Crippen LogP contribution in [0.3, 0.4) is 0 Å². The molecule has 84 valence electrons. The maximum atomic E-state index is 12.7. The van der Waals surface area contributed by atoms with Gasteiger partial charge in [-0.25, -0.2) is 4.98 Å². The number of aromatic nitrogens is 2. The number of rotatable bonds is 1. The fourth-order valence-corrected chi connectivity index (χ4v) is 1.71. The smallest absolute Gasteiger partial charge is 0.333 e. The van der Waals surface area contributed by atoms with Gasteiger partial charge in [0.25, 0.3) is 0 Å². The molecule has 1 N–H and O–H groups in total. The third kappa shape index (κ3) is 2.11. The Morgan fingerprint density at radius 2 is 1.88 bits per heavy atom. The number of hydrogen-bond donors (Lipinski definition) is 1. The van der Waals surface area contributed by atoms with E-state index in [-0.39, 0.29) is 5.56 Å². The highest BCUT2D eigenvalue weighted by molar-refractivity contribution is 9.10. The summed E-state index contributed by atoms with van der Waals surface area (Å²) in [5.41, 5.74) is -0.251. The Morgan fingerprint density at radius 3 is 2.44 bits per heavy atom. The lowest BCUT2D eigenvalue weighted by molar-refractivity contribution is -0.137. The normalized spacial score (nSPS) is 11.8. The quantitative estimate of drug-likeness (QED) is 0.849. The van der Waals surface area contributed by atoms with Gasteiger partial charge in [0.1, 0.15) is 0 Å². The minimum atomic E-state index is -4.37. The average Bonchev–Trinajstić information content (AvgIpc) is 2.64. The molecule has 16 heavy (non-hydrogen) atoms. The van der Waals surface area contributed by atoms with Gasteiger partial charge in [-0.3, -0.25) is 0 Å². The molecule has 2 nitrogen and oxygen atoms in total. The SMILES string of the molecule is FC(F)(F)c1ccccc1-c1cnc(Br)[nH]1. The summed E-state index contributed by atoms with van der Waals surface area (Å²) >= 11 is 3.06. The van der Waals surface area contributed by atoms with Gasteiger partial charge in [0.2, 0.25) is 0 Å². The molecule has 0 bridgehead atoms. The Kier molecular flexibility index (Phi) is 2.75. The summed E-state index contributed by atoms with van der Waals surface area (Å²) in [7, 11) is 0. The van der Waals surface area contributed by atoms with Crippen molar-refractivity contribution in [2.24, 2.45) is 0 Å². The Balaban J connectivity index is 2.57. The summed E-state index contributed by atoms with van der Waals surface area (Å²) in [6.45, 7) is 0. The number of benzene rings is 1. The van der Waals surface area contributed by atoms with E-state index in [1.54, 1.807) is 6.07 Å². The summed E-state index contributed by atoms with van der Waals surface area (Å²) in [6.07, 6.45) is -3.01. The molecule has 1 heterocycles. The van der Waals surface area contributed by atoms with Crippen molar-refractivity contribution in [3.8, 4) is 11.3 Å². The predicted octanol–water partition coefficient (Wildman–Crippen LogP) is 3.86. The third-order valence-electron chi connectivity index (χ3n) is 2.07. The first-order chi connectivity index (χ1) is 7.48. The largest absolute Gasteiger partial charge is 0.417 e. The van der Waals surface area contributed by atoms with Crippen molar-refractivity contribution in [2.75, 3.05) is 0 Å². The van der Waals surface area contributed by atoms with Crippen molar-refractivity contribution >= 4 is 15.9 Å². The predicted molar refractivity (Wildman–Crippen MR) is 56.7 cm³/mol. The molecule has 0 aliphatic heterocycles. The van der Waals surface area contributed by atoms with E-state index in [1.807, 2.05) is 0 Å². The van der Waals surface area contributed by atoms with Gasteiger partial charge in [0, 0.05) is 5.56 Å². The molecule has 0 radical (unpaired) electrons. The zero-order valence-electron chi connectivity index (χ0n) is 7.85. The molecule has 0 amide bonds. The van der Waals surface area contributed by atoms with E-state index in [9.17, 15) is 13.2 Å². The van der Waals surface area contributed by atoms with Crippen molar-refractivity contribution in [2.45, 2.75) is 6.18 Å². The second kappa shape index (κ2) is 3.93. The van der Waals surface area contributed by atoms with Gasteiger partial charge in [-0.15, -0.1) is 0 Å². The zero-order valence-corrected chi connectivity index (χ0v) is 9.43. The molecule has 0 atom stereocenters. The Bertz CT molecular complexity index is 505. The molecule has 2 rings (SSSR count). The van der Waals surface area contributed by atoms with Crippen molar-refractivity contribution in [3.05, 3.63) is 40.8 Å². The number of alkyl halides is 3. The van der Waals surface area contributed by atoms with Crippen LogP contribution >= 0.6 is 15.9 Å². The van der Waals surface area contributed by atoms with Crippen LogP contribution < -0.4 is 0 Å². The van der Waals surface area contributed by atoms with E-state index in [0.29, 0.717) is 10.4 Å². The molecule has 0 unspecified atom stereocenters. The van der Waals surface area contributed by atoms with Crippen LogP contribution in [-0.4, -0.2) is 9.97 Å². The topological polar surface area (TPSA) is 28.7 Å². The highest BCUT2D eigenvalue weighted by atomic mass is 79.9. The van der Waals surface area contributed by atoms with Crippen molar-refractivity contribution in [1.82, 2.24) is 9.97 Å². The zero-order chi connectivity index (χ0) is 11.8. The minimum absolute atomic E-state index is 0.0909. The van der Waals surface area contributed by atoms with Gasteiger partial charge >= 0.3 is 6.18 Å². The van der Waals surface area contributed by atoms with E-state index in [1.165, 1.54) is 18.3 Å². The van der Waals surface area contributed by atoms with Gasteiger partial charge in [0.15, 0.2) is 4.73 Å². The number of halogens is 4. The van der Waals surface area contributed by atoms with E-state index in [2.05, 4.69) is 25.9 Å². The standard InChI is InChI=1S/C10H6BrF3N2/c11-9-15-5-8(16-9)6-3-1-2-4-7(6)10(12,13)14/h1-5H,(H,15,16). The van der Waals surface area contributed by atoms with E-state index in [0.717, 1.165) is 6.07 Å². The average molecular weight is 291 g/mol. The Labute approximate surface area is 97.6 Å². The van der Waals surface area contributed by atoms with Crippen LogP contribution in [0.5, 0.6) is 0 Å². The van der Waals surface area contributed by atoms with Crippen molar-refractivity contribution in [1.29, 1.82) is 0 Å². The van der Waals surface area contributed by atoms with E-state index in [4.69, 9.17) is 0 Å². The minimum Gasteiger partial charge on any atom is -0.333 e. The number of hydrogen-bond acceptors (Lipinski definition) is 1.